The average molecular weight is 204 g/mol. The first kappa shape index (κ1) is 13.4. The van der Waals surface area contributed by atoms with Gasteiger partial charge in [-0.2, -0.15) is 0 Å². The fourth-order valence-electron chi connectivity index (χ4n) is 1.07. The fraction of sp³-hybridized carbons (Fsp3) is 0.889. The number of amides is 1. The molecule has 0 aliphatic carbocycles. The molecule has 3 N–H and O–H groups in total. The molecular weight excluding hydrogens is 184 g/mol. The number of carbonyl (C=O) groups excluding carboxylic acids is 1. The van der Waals surface area contributed by atoms with Crippen LogP contribution in [0.2, 0.25) is 0 Å². The molecule has 0 bridgehead atoms. The van der Waals surface area contributed by atoms with Crippen LogP contribution in [0, 0.1) is 0 Å². The summed E-state index contributed by atoms with van der Waals surface area (Å²) >= 11 is 0. The molecule has 1 amide bonds. The second-order valence-corrected chi connectivity index (χ2v) is 3.00. The van der Waals surface area contributed by atoms with E-state index in [1.165, 1.54) is 0 Å². The molecule has 0 rings (SSSR count). The molecule has 0 aromatic heterocycles. The van der Waals surface area contributed by atoms with Crippen molar-refractivity contribution >= 4 is 5.91 Å². The first-order valence-corrected chi connectivity index (χ1v) is 4.87. The topological polar surface area (TPSA) is 73.6 Å². The van der Waals surface area contributed by atoms with Crippen LogP contribution in [0.4, 0.5) is 0 Å². The predicted molar refractivity (Wildman–Crippen MR) is 53.5 cm³/mol. The minimum Gasteiger partial charge on any atom is -0.385 e. The van der Waals surface area contributed by atoms with E-state index < -0.39 is 6.10 Å². The van der Waals surface area contributed by atoms with Gasteiger partial charge in [0.15, 0.2) is 0 Å². The van der Waals surface area contributed by atoms with Crippen molar-refractivity contribution in [2.45, 2.75) is 32.3 Å². The average Bonchev–Trinajstić information content (AvgIpc) is 2.21. The van der Waals surface area contributed by atoms with Gasteiger partial charge in [0.25, 0.3) is 5.91 Å². The maximum atomic E-state index is 11.2. The van der Waals surface area contributed by atoms with Crippen molar-refractivity contribution in [1.29, 1.82) is 0 Å². The molecule has 0 aromatic carbocycles. The molecule has 5 heteroatoms. The van der Waals surface area contributed by atoms with Crippen molar-refractivity contribution in [3.05, 3.63) is 0 Å². The molecular formula is C9H20N2O3. The summed E-state index contributed by atoms with van der Waals surface area (Å²) in [6.45, 7) is 3.16. The van der Waals surface area contributed by atoms with E-state index in [9.17, 15) is 4.79 Å². The third-order valence-corrected chi connectivity index (χ3v) is 1.80. The molecule has 0 radical (unpaired) electrons. The van der Waals surface area contributed by atoms with E-state index in [-0.39, 0.29) is 5.91 Å². The monoisotopic (exact) mass is 204 g/mol. The van der Waals surface area contributed by atoms with Crippen LogP contribution in [0.25, 0.3) is 0 Å². The summed E-state index contributed by atoms with van der Waals surface area (Å²) in [6.07, 6.45) is 1.94. The zero-order valence-corrected chi connectivity index (χ0v) is 8.91. The lowest BCUT2D eigenvalue weighted by atomic mass is 10.2. The Balaban J connectivity index is 3.67. The van der Waals surface area contributed by atoms with Gasteiger partial charge in [-0.1, -0.05) is 13.3 Å². The minimum atomic E-state index is -0.429. The highest BCUT2D eigenvalue weighted by atomic mass is 16.5. The molecule has 0 aliphatic rings. The number of ether oxygens (including phenoxy) is 2. The van der Waals surface area contributed by atoms with Crippen molar-refractivity contribution in [1.82, 2.24) is 5.43 Å². The molecule has 0 spiro atoms. The molecule has 1 unspecified atom stereocenters. The molecule has 5 nitrogen and oxygen atoms in total. The summed E-state index contributed by atoms with van der Waals surface area (Å²) in [4.78, 5) is 11.2. The van der Waals surface area contributed by atoms with Gasteiger partial charge in [-0.05, 0) is 12.8 Å². The minimum absolute atomic E-state index is 0.260. The van der Waals surface area contributed by atoms with Gasteiger partial charge in [-0.3, -0.25) is 10.2 Å². The maximum Gasteiger partial charge on any atom is 0.262 e. The third-order valence-electron chi connectivity index (χ3n) is 1.80. The van der Waals surface area contributed by atoms with Crippen molar-refractivity contribution in [3.63, 3.8) is 0 Å². The van der Waals surface area contributed by atoms with Gasteiger partial charge in [0.2, 0.25) is 0 Å². The number of hydrogen-bond acceptors (Lipinski definition) is 4. The smallest absolute Gasteiger partial charge is 0.262 e. The highest BCUT2D eigenvalue weighted by Gasteiger charge is 2.16. The van der Waals surface area contributed by atoms with Gasteiger partial charge < -0.3 is 9.47 Å². The summed E-state index contributed by atoms with van der Waals surface area (Å²) in [6, 6.07) is 0. The molecule has 0 aliphatic heterocycles. The van der Waals surface area contributed by atoms with Gasteiger partial charge in [0.1, 0.15) is 6.10 Å². The molecule has 0 aromatic rings. The Kier molecular flexibility index (Phi) is 8.51. The maximum absolute atomic E-state index is 11.2. The summed E-state index contributed by atoms with van der Waals surface area (Å²) in [5.41, 5.74) is 2.10. The first-order valence-electron chi connectivity index (χ1n) is 4.87. The number of nitrogens with two attached hydrogens (primary N) is 1. The first-order chi connectivity index (χ1) is 6.76. The lowest BCUT2D eigenvalue weighted by Gasteiger charge is -2.14. The van der Waals surface area contributed by atoms with Crippen LogP contribution in [-0.4, -0.2) is 32.3 Å². The highest BCUT2D eigenvalue weighted by molar-refractivity contribution is 5.80. The van der Waals surface area contributed by atoms with Crippen molar-refractivity contribution in [2.24, 2.45) is 5.84 Å². The SMILES string of the molecule is CCCC(OCCCOC)C(=O)NN. The van der Waals surface area contributed by atoms with E-state index in [1.54, 1.807) is 7.11 Å². The number of hydrazine groups is 1. The quantitative estimate of drug-likeness (QED) is 0.256. The number of methoxy groups -OCH3 is 1. The second-order valence-electron chi connectivity index (χ2n) is 3.00. The Bertz CT molecular complexity index is 153. The Morgan fingerprint density at radius 3 is 2.71 bits per heavy atom. The van der Waals surface area contributed by atoms with Crippen molar-refractivity contribution in [3.8, 4) is 0 Å². The van der Waals surface area contributed by atoms with Crippen LogP contribution in [0.3, 0.4) is 0 Å². The lowest BCUT2D eigenvalue weighted by molar-refractivity contribution is -0.133. The Labute approximate surface area is 84.9 Å². The van der Waals surface area contributed by atoms with Gasteiger partial charge in [-0.25, -0.2) is 5.84 Å². The molecule has 0 saturated heterocycles. The summed E-state index contributed by atoms with van der Waals surface area (Å²) in [5, 5.41) is 0. The van der Waals surface area contributed by atoms with Crippen LogP contribution < -0.4 is 11.3 Å². The molecule has 14 heavy (non-hydrogen) atoms. The largest absolute Gasteiger partial charge is 0.385 e. The zero-order chi connectivity index (χ0) is 10.8. The van der Waals surface area contributed by atoms with Gasteiger partial charge in [-0.15, -0.1) is 0 Å². The van der Waals surface area contributed by atoms with Crippen molar-refractivity contribution in [2.75, 3.05) is 20.3 Å². The van der Waals surface area contributed by atoms with Gasteiger partial charge >= 0.3 is 0 Å². The van der Waals surface area contributed by atoms with Crippen LogP contribution in [0.15, 0.2) is 0 Å². The van der Waals surface area contributed by atoms with Gasteiger partial charge in [0, 0.05) is 20.3 Å². The van der Waals surface area contributed by atoms with Crippen LogP contribution in [0.1, 0.15) is 26.2 Å². The number of carbonyl (C=O) groups is 1. The molecule has 0 saturated carbocycles. The number of nitrogens with one attached hydrogen (secondary N) is 1. The predicted octanol–water partition coefficient (Wildman–Crippen LogP) is 0.198. The number of hydrogen-bond donors (Lipinski definition) is 2. The molecule has 84 valence electrons. The second kappa shape index (κ2) is 8.93. The standard InChI is InChI=1S/C9H20N2O3/c1-3-5-8(9(12)11-10)14-7-4-6-13-2/h8H,3-7,10H2,1-2H3,(H,11,12). The lowest BCUT2D eigenvalue weighted by Crippen LogP contribution is -2.40. The van der Waals surface area contributed by atoms with E-state index in [1.807, 2.05) is 6.92 Å². The zero-order valence-electron chi connectivity index (χ0n) is 8.91. The van der Waals surface area contributed by atoms with Crippen LogP contribution >= 0.6 is 0 Å². The van der Waals surface area contributed by atoms with E-state index in [0.717, 1.165) is 12.8 Å². The highest BCUT2D eigenvalue weighted by Crippen LogP contribution is 2.02. The van der Waals surface area contributed by atoms with Crippen LogP contribution in [-0.2, 0) is 14.3 Å². The summed E-state index contributed by atoms with van der Waals surface area (Å²) < 4.78 is 10.2. The van der Waals surface area contributed by atoms with E-state index in [4.69, 9.17) is 15.3 Å². The van der Waals surface area contributed by atoms with Gasteiger partial charge in [0.05, 0.1) is 0 Å². The third kappa shape index (κ3) is 5.90. The Morgan fingerprint density at radius 1 is 1.50 bits per heavy atom. The van der Waals surface area contributed by atoms with Crippen LogP contribution in [0.5, 0.6) is 0 Å². The normalized spacial score (nSPS) is 12.5. The van der Waals surface area contributed by atoms with E-state index in [2.05, 4.69) is 5.43 Å². The Hall–Kier alpha value is -0.650. The molecule has 0 fully saturated rings. The summed E-state index contributed by atoms with van der Waals surface area (Å²) in [5.74, 6) is 4.77. The Morgan fingerprint density at radius 2 is 2.21 bits per heavy atom. The van der Waals surface area contributed by atoms with E-state index in [0.29, 0.717) is 19.6 Å². The van der Waals surface area contributed by atoms with Crippen molar-refractivity contribution < 1.29 is 14.3 Å². The van der Waals surface area contributed by atoms with E-state index >= 15 is 0 Å². The number of rotatable bonds is 8. The molecule has 1 atom stereocenters. The fourth-order valence-corrected chi connectivity index (χ4v) is 1.07. The molecule has 0 heterocycles. The summed E-state index contributed by atoms with van der Waals surface area (Å²) in [7, 11) is 1.64.